The second-order valence-electron chi connectivity index (χ2n) is 6.15. The molecule has 3 nitrogen and oxygen atoms in total. The van der Waals surface area contributed by atoms with Crippen molar-refractivity contribution >= 4 is 40.5 Å². The van der Waals surface area contributed by atoms with Crippen molar-refractivity contribution in [3.63, 3.8) is 0 Å². The highest BCUT2D eigenvalue weighted by atomic mass is 35.5. The quantitative estimate of drug-likeness (QED) is 0.591. The Morgan fingerprint density at radius 1 is 1.17 bits per heavy atom. The molecule has 0 bridgehead atoms. The number of hydrogen-bond acceptors (Lipinski definition) is 1. The summed E-state index contributed by atoms with van der Waals surface area (Å²) in [4.78, 5) is 6.65. The number of guanidine groups is 1. The van der Waals surface area contributed by atoms with Gasteiger partial charge in [-0.2, -0.15) is 0 Å². The zero-order valence-corrected chi connectivity index (χ0v) is 14.1. The van der Waals surface area contributed by atoms with Crippen LogP contribution in [0.4, 0.5) is 11.4 Å². The first-order chi connectivity index (χ1) is 11.1. The zero-order chi connectivity index (χ0) is 16.0. The Balaban J connectivity index is 1.72. The van der Waals surface area contributed by atoms with Crippen LogP contribution in [-0.4, -0.2) is 12.5 Å². The summed E-state index contributed by atoms with van der Waals surface area (Å²) in [6.45, 7) is 0.899. The van der Waals surface area contributed by atoms with Gasteiger partial charge < -0.3 is 10.6 Å². The molecule has 0 aromatic heterocycles. The van der Waals surface area contributed by atoms with E-state index in [2.05, 4.69) is 28.1 Å². The Morgan fingerprint density at radius 3 is 2.74 bits per heavy atom. The van der Waals surface area contributed by atoms with E-state index < -0.39 is 0 Å². The van der Waals surface area contributed by atoms with Crippen molar-refractivity contribution in [1.82, 2.24) is 0 Å². The first-order valence-electron chi connectivity index (χ1n) is 7.81. The van der Waals surface area contributed by atoms with Crippen LogP contribution in [0.5, 0.6) is 0 Å². The summed E-state index contributed by atoms with van der Waals surface area (Å²) in [7, 11) is 0. The molecule has 0 amide bonds. The van der Waals surface area contributed by atoms with E-state index in [4.69, 9.17) is 28.9 Å². The Kier molecular flexibility index (Phi) is 3.70. The standard InChI is InChI=1S/C18H17Cl2N3/c19-13-7-14(20)9-15(8-13)22-18(21)23-10-12-5-1-3-11-4-2-6-16(23)17(11)12/h2,4,6-9,12H,1,3,5,10H2,(H2,21,22). The molecule has 1 heterocycles. The summed E-state index contributed by atoms with van der Waals surface area (Å²) in [6, 6.07) is 11.7. The van der Waals surface area contributed by atoms with Crippen molar-refractivity contribution in [2.45, 2.75) is 25.2 Å². The van der Waals surface area contributed by atoms with Gasteiger partial charge in [-0.25, -0.2) is 4.99 Å². The van der Waals surface area contributed by atoms with Crippen LogP contribution in [0, 0.1) is 0 Å². The average Bonchev–Trinajstić information content (AvgIpc) is 2.88. The number of nitrogens with zero attached hydrogens (tertiary/aromatic N) is 2. The number of hydrogen-bond donors (Lipinski definition) is 1. The van der Waals surface area contributed by atoms with Crippen LogP contribution in [0.25, 0.3) is 0 Å². The van der Waals surface area contributed by atoms with Crippen molar-refractivity contribution in [3.05, 3.63) is 57.6 Å². The number of nitrogens with two attached hydrogens (primary N) is 1. The van der Waals surface area contributed by atoms with Crippen molar-refractivity contribution in [3.8, 4) is 0 Å². The first kappa shape index (κ1) is 14.9. The monoisotopic (exact) mass is 345 g/mol. The van der Waals surface area contributed by atoms with Crippen LogP contribution >= 0.6 is 23.2 Å². The molecule has 5 heteroatoms. The van der Waals surface area contributed by atoms with Gasteiger partial charge in [-0.1, -0.05) is 35.3 Å². The van der Waals surface area contributed by atoms with Gasteiger partial charge in [-0.3, -0.25) is 0 Å². The third-order valence-electron chi connectivity index (χ3n) is 4.64. The minimum atomic E-state index is 0.492. The average molecular weight is 346 g/mol. The lowest BCUT2D eigenvalue weighted by molar-refractivity contribution is 0.584. The van der Waals surface area contributed by atoms with Crippen LogP contribution < -0.4 is 10.6 Å². The van der Waals surface area contributed by atoms with Crippen LogP contribution in [0.15, 0.2) is 41.4 Å². The Bertz CT molecular complexity index is 781. The summed E-state index contributed by atoms with van der Waals surface area (Å²) >= 11 is 12.1. The van der Waals surface area contributed by atoms with Crippen molar-refractivity contribution in [1.29, 1.82) is 0 Å². The second-order valence-corrected chi connectivity index (χ2v) is 7.02. The SMILES string of the molecule is NC(=Nc1cc(Cl)cc(Cl)c1)N1CC2CCCc3cccc1c32. The van der Waals surface area contributed by atoms with E-state index in [0.717, 1.165) is 13.0 Å². The number of benzene rings is 2. The lowest BCUT2D eigenvalue weighted by Gasteiger charge is -2.19. The molecule has 2 aliphatic rings. The van der Waals surface area contributed by atoms with E-state index in [1.807, 2.05) is 0 Å². The van der Waals surface area contributed by atoms with Crippen LogP contribution in [0.3, 0.4) is 0 Å². The molecule has 118 valence electrons. The molecule has 0 saturated carbocycles. The molecule has 2 N–H and O–H groups in total. The summed E-state index contributed by atoms with van der Waals surface area (Å²) in [6.07, 6.45) is 3.63. The van der Waals surface area contributed by atoms with Crippen LogP contribution in [0.2, 0.25) is 10.0 Å². The van der Waals surface area contributed by atoms with E-state index in [-0.39, 0.29) is 0 Å². The van der Waals surface area contributed by atoms with Crippen molar-refractivity contribution in [2.75, 3.05) is 11.4 Å². The molecular formula is C18H17Cl2N3. The third-order valence-corrected chi connectivity index (χ3v) is 5.08. The number of aryl methyl sites for hydroxylation is 1. The molecule has 0 spiro atoms. The second kappa shape index (κ2) is 5.73. The van der Waals surface area contributed by atoms with Gasteiger partial charge in [0.05, 0.1) is 5.69 Å². The highest BCUT2D eigenvalue weighted by Crippen LogP contribution is 2.44. The Hall–Kier alpha value is -1.71. The highest BCUT2D eigenvalue weighted by Gasteiger charge is 2.34. The normalized spacial score (nSPS) is 19.8. The molecule has 0 fully saturated rings. The highest BCUT2D eigenvalue weighted by molar-refractivity contribution is 6.35. The molecule has 1 aliphatic heterocycles. The fourth-order valence-corrected chi connectivity index (χ4v) is 4.24. The molecule has 0 radical (unpaired) electrons. The topological polar surface area (TPSA) is 41.6 Å². The summed E-state index contributed by atoms with van der Waals surface area (Å²) in [5, 5.41) is 1.12. The molecule has 0 saturated heterocycles. The first-order valence-corrected chi connectivity index (χ1v) is 8.57. The Morgan fingerprint density at radius 2 is 1.96 bits per heavy atom. The van der Waals surface area contributed by atoms with Gasteiger partial charge >= 0.3 is 0 Å². The summed E-state index contributed by atoms with van der Waals surface area (Å²) in [5.74, 6) is 1.05. The van der Waals surface area contributed by atoms with Crippen LogP contribution in [-0.2, 0) is 6.42 Å². The third kappa shape index (κ3) is 2.68. The largest absolute Gasteiger partial charge is 0.369 e. The van der Waals surface area contributed by atoms with E-state index >= 15 is 0 Å². The minimum Gasteiger partial charge on any atom is -0.369 e. The molecule has 4 rings (SSSR count). The fraction of sp³-hybridized carbons (Fsp3) is 0.278. The maximum atomic E-state index is 6.30. The number of aliphatic imine (C=N–C) groups is 1. The van der Waals surface area contributed by atoms with Gasteiger partial charge in [0.1, 0.15) is 0 Å². The van der Waals surface area contributed by atoms with Crippen LogP contribution in [0.1, 0.15) is 29.9 Å². The lowest BCUT2D eigenvalue weighted by Crippen LogP contribution is -2.36. The van der Waals surface area contributed by atoms with Gasteiger partial charge in [0.25, 0.3) is 0 Å². The molecular weight excluding hydrogens is 329 g/mol. The maximum absolute atomic E-state index is 6.30. The minimum absolute atomic E-state index is 0.492. The number of rotatable bonds is 1. The molecule has 1 unspecified atom stereocenters. The van der Waals surface area contributed by atoms with E-state index in [9.17, 15) is 0 Å². The zero-order valence-electron chi connectivity index (χ0n) is 12.6. The number of halogens is 2. The van der Waals surface area contributed by atoms with E-state index in [1.54, 1.807) is 18.2 Å². The summed E-state index contributed by atoms with van der Waals surface area (Å²) in [5.41, 5.74) is 11.1. The predicted octanol–water partition coefficient (Wildman–Crippen LogP) is 4.88. The molecule has 1 atom stereocenters. The van der Waals surface area contributed by atoms with Crippen molar-refractivity contribution in [2.24, 2.45) is 10.7 Å². The Labute approximate surface area is 145 Å². The van der Waals surface area contributed by atoms with Gasteiger partial charge in [0, 0.05) is 28.2 Å². The smallest absolute Gasteiger partial charge is 0.201 e. The van der Waals surface area contributed by atoms with Gasteiger partial charge in [0.2, 0.25) is 5.96 Å². The fourth-order valence-electron chi connectivity index (χ4n) is 3.72. The molecule has 1 aliphatic carbocycles. The van der Waals surface area contributed by atoms with E-state index in [1.165, 1.54) is 29.7 Å². The predicted molar refractivity (Wildman–Crippen MR) is 97.2 cm³/mol. The summed E-state index contributed by atoms with van der Waals surface area (Å²) < 4.78 is 0. The molecule has 2 aromatic carbocycles. The molecule has 2 aromatic rings. The van der Waals surface area contributed by atoms with Gasteiger partial charge in [-0.05, 0) is 54.7 Å². The lowest BCUT2D eigenvalue weighted by atomic mass is 9.84. The van der Waals surface area contributed by atoms with Gasteiger partial charge in [-0.15, -0.1) is 0 Å². The maximum Gasteiger partial charge on any atom is 0.201 e. The van der Waals surface area contributed by atoms with Gasteiger partial charge in [0.15, 0.2) is 0 Å². The number of anilines is 1. The van der Waals surface area contributed by atoms with E-state index in [0.29, 0.717) is 27.6 Å². The van der Waals surface area contributed by atoms with Crippen molar-refractivity contribution < 1.29 is 0 Å². The molecule has 23 heavy (non-hydrogen) atoms.